The van der Waals surface area contributed by atoms with Crippen molar-refractivity contribution in [2.24, 2.45) is 5.92 Å². The van der Waals surface area contributed by atoms with Crippen LogP contribution in [0.15, 0.2) is 11.1 Å². The van der Waals surface area contributed by atoms with E-state index in [-0.39, 0.29) is 5.97 Å². The average Bonchev–Trinajstić information content (AvgIpc) is 2.68. The van der Waals surface area contributed by atoms with Gasteiger partial charge in [0, 0.05) is 18.1 Å². The van der Waals surface area contributed by atoms with Crippen LogP contribution in [-0.4, -0.2) is 25.8 Å². The Morgan fingerprint density at radius 3 is 2.71 bits per heavy atom. The largest absolute Gasteiger partial charge is 0.463 e. The summed E-state index contributed by atoms with van der Waals surface area (Å²) >= 11 is 0. The Bertz CT molecular complexity index is 237. The van der Waals surface area contributed by atoms with Gasteiger partial charge in [0.1, 0.15) is 0 Å². The molecule has 1 rings (SSSR count). The second-order valence-electron chi connectivity index (χ2n) is 3.59. The molecule has 1 heterocycles. The molecule has 0 aromatic rings. The van der Waals surface area contributed by atoms with Crippen molar-refractivity contribution in [1.29, 1.82) is 0 Å². The average molecular weight is 198 g/mol. The second kappa shape index (κ2) is 5.15. The highest BCUT2D eigenvalue weighted by Crippen LogP contribution is 2.24. The minimum atomic E-state index is -0.197. The number of ether oxygens (including phenoxy) is 2. The standard InChI is InChI=1S/C11H18O3/c1-4-14-11(12)9(3)8(2)10-5-6-13-7-10/h10H,4-7H2,1-3H3. The van der Waals surface area contributed by atoms with Crippen molar-refractivity contribution >= 4 is 5.97 Å². The predicted molar refractivity (Wildman–Crippen MR) is 53.9 cm³/mol. The monoisotopic (exact) mass is 198 g/mol. The van der Waals surface area contributed by atoms with Crippen molar-refractivity contribution < 1.29 is 14.3 Å². The fourth-order valence-corrected chi connectivity index (χ4v) is 1.58. The van der Waals surface area contributed by atoms with E-state index in [9.17, 15) is 4.79 Å². The summed E-state index contributed by atoms with van der Waals surface area (Å²) in [6.45, 7) is 7.61. The van der Waals surface area contributed by atoms with Gasteiger partial charge in [0.05, 0.1) is 13.2 Å². The number of hydrogen-bond donors (Lipinski definition) is 0. The molecule has 3 nitrogen and oxygen atoms in total. The molecule has 0 aromatic carbocycles. The van der Waals surface area contributed by atoms with Gasteiger partial charge >= 0.3 is 5.97 Å². The lowest BCUT2D eigenvalue weighted by molar-refractivity contribution is -0.138. The smallest absolute Gasteiger partial charge is 0.333 e. The zero-order valence-electron chi connectivity index (χ0n) is 9.13. The fraction of sp³-hybridized carbons (Fsp3) is 0.727. The van der Waals surface area contributed by atoms with Crippen LogP contribution in [0.1, 0.15) is 27.2 Å². The van der Waals surface area contributed by atoms with Gasteiger partial charge in [-0.2, -0.15) is 0 Å². The van der Waals surface area contributed by atoms with Crippen LogP contribution in [0.25, 0.3) is 0 Å². The van der Waals surface area contributed by atoms with Crippen molar-refractivity contribution in [3.8, 4) is 0 Å². The first-order chi connectivity index (χ1) is 6.66. The van der Waals surface area contributed by atoms with Crippen LogP contribution in [0.2, 0.25) is 0 Å². The summed E-state index contributed by atoms with van der Waals surface area (Å²) in [7, 11) is 0. The van der Waals surface area contributed by atoms with Crippen LogP contribution < -0.4 is 0 Å². The molecule has 1 fully saturated rings. The SMILES string of the molecule is CCOC(=O)C(C)=C(C)C1CCOC1. The Labute approximate surface area is 85.1 Å². The molecule has 1 aliphatic heterocycles. The third-order valence-corrected chi connectivity index (χ3v) is 2.72. The van der Waals surface area contributed by atoms with E-state index < -0.39 is 0 Å². The zero-order chi connectivity index (χ0) is 10.6. The van der Waals surface area contributed by atoms with Crippen molar-refractivity contribution in [1.82, 2.24) is 0 Å². The quantitative estimate of drug-likeness (QED) is 0.513. The first kappa shape index (κ1) is 11.2. The summed E-state index contributed by atoms with van der Waals surface area (Å²) in [6.07, 6.45) is 1.02. The first-order valence-electron chi connectivity index (χ1n) is 5.09. The summed E-state index contributed by atoms with van der Waals surface area (Å²) in [6, 6.07) is 0. The summed E-state index contributed by atoms with van der Waals surface area (Å²) < 4.78 is 10.2. The van der Waals surface area contributed by atoms with E-state index in [4.69, 9.17) is 9.47 Å². The van der Waals surface area contributed by atoms with E-state index in [1.807, 2.05) is 20.8 Å². The Morgan fingerprint density at radius 1 is 1.50 bits per heavy atom. The molecular formula is C11H18O3. The molecule has 0 spiro atoms. The number of esters is 1. The maximum absolute atomic E-state index is 11.4. The summed E-state index contributed by atoms with van der Waals surface area (Å²) in [5, 5.41) is 0. The van der Waals surface area contributed by atoms with E-state index in [1.54, 1.807) is 0 Å². The van der Waals surface area contributed by atoms with Crippen LogP contribution in [-0.2, 0) is 14.3 Å². The molecule has 3 heteroatoms. The molecule has 1 saturated heterocycles. The molecular weight excluding hydrogens is 180 g/mol. The Morgan fingerprint density at radius 2 is 2.21 bits per heavy atom. The fourth-order valence-electron chi connectivity index (χ4n) is 1.58. The Hall–Kier alpha value is -0.830. The van der Waals surface area contributed by atoms with Gasteiger partial charge in [0.25, 0.3) is 0 Å². The molecule has 1 atom stereocenters. The summed E-state index contributed by atoms with van der Waals surface area (Å²) in [4.78, 5) is 11.4. The molecule has 0 aliphatic carbocycles. The molecule has 0 bridgehead atoms. The molecule has 0 radical (unpaired) electrons. The molecule has 0 amide bonds. The second-order valence-corrected chi connectivity index (χ2v) is 3.59. The zero-order valence-corrected chi connectivity index (χ0v) is 9.13. The molecule has 0 saturated carbocycles. The van der Waals surface area contributed by atoms with Crippen LogP contribution in [0.3, 0.4) is 0 Å². The Kier molecular flexibility index (Phi) is 4.14. The molecule has 1 aliphatic rings. The van der Waals surface area contributed by atoms with Crippen molar-refractivity contribution in [3.05, 3.63) is 11.1 Å². The van der Waals surface area contributed by atoms with E-state index in [2.05, 4.69) is 0 Å². The number of hydrogen-bond acceptors (Lipinski definition) is 3. The van der Waals surface area contributed by atoms with Gasteiger partial charge in [-0.1, -0.05) is 5.57 Å². The highest BCUT2D eigenvalue weighted by atomic mass is 16.5. The van der Waals surface area contributed by atoms with Gasteiger partial charge in [0.2, 0.25) is 0 Å². The van der Waals surface area contributed by atoms with E-state index in [0.717, 1.165) is 30.8 Å². The molecule has 80 valence electrons. The first-order valence-corrected chi connectivity index (χ1v) is 5.09. The molecule has 0 aromatic heterocycles. The van der Waals surface area contributed by atoms with Crippen molar-refractivity contribution in [3.63, 3.8) is 0 Å². The van der Waals surface area contributed by atoms with Gasteiger partial charge in [-0.25, -0.2) is 4.79 Å². The molecule has 0 N–H and O–H groups in total. The number of rotatable bonds is 3. The van der Waals surface area contributed by atoms with Gasteiger partial charge in [0.15, 0.2) is 0 Å². The van der Waals surface area contributed by atoms with Crippen LogP contribution in [0.5, 0.6) is 0 Å². The van der Waals surface area contributed by atoms with Crippen LogP contribution in [0.4, 0.5) is 0 Å². The Balaban J connectivity index is 2.65. The number of carbonyl (C=O) groups excluding carboxylic acids is 1. The van der Waals surface area contributed by atoms with E-state index >= 15 is 0 Å². The third kappa shape index (κ3) is 2.58. The topological polar surface area (TPSA) is 35.5 Å². The molecule has 14 heavy (non-hydrogen) atoms. The minimum absolute atomic E-state index is 0.197. The third-order valence-electron chi connectivity index (χ3n) is 2.72. The van der Waals surface area contributed by atoms with Crippen LogP contribution >= 0.6 is 0 Å². The summed E-state index contributed by atoms with van der Waals surface area (Å²) in [5.74, 6) is 0.205. The van der Waals surface area contributed by atoms with Crippen molar-refractivity contribution in [2.75, 3.05) is 19.8 Å². The van der Waals surface area contributed by atoms with Crippen molar-refractivity contribution in [2.45, 2.75) is 27.2 Å². The highest BCUT2D eigenvalue weighted by Gasteiger charge is 2.21. The summed E-state index contributed by atoms with van der Waals surface area (Å²) in [5.41, 5.74) is 1.85. The van der Waals surface area contributed by atoms with Gasteiger partial charge in [-0.05, 0) is 27.2 Å². The lowest BCUT2D eigenvalue weighted by Crippen LogP contribution is -2.11. The van der Waals surface area contributed by atoms with Gasteiger partial charge in [-0.15, -0.1) is 0 Å². The maximum atomic E-state index is 11.4. The lowest BCUT2D eigenvalue weighted by Gasteiger charge is -2.11. The molecule has 1 unspecified atom stereocenters. The van der Waals surface area contributed by atoms with Gasteiger partial charge in [-0.3, -0.25) is 0 Å². The maximum Gasteiger partial charge on any atom is 0.333 e. The highest BCUT2D eigenvalue weighted by molar-refractivity contribution is 5.88. The van der Waals surface area contributed by atoms with Crippen LogP contribution in [0, 0.1) is 5.92 Å². The lowest BCUT2D eigenvalue weighted by atomic mass is 9.95. The normalized spacial score (nSPS) is 23.2. The number of carbonyl (C=O) groups is 1. The minimum Gasteiger partial charge on any atom is -0.463 e. The van der Waals surface area contributed by atoms with Gasteiger partial charge < -0.3 is 9.47 Å². The van der Waals surface area contributed by atoms with E-state index in [0.29, 0.717) is 12.5 Å². The predicted octanol–water partition coefficient (Wildman–Crippen LogP) is 1.92. The van der Waals surface area contributed by atoms with E-state index in [1.165, 1.54) is 0 Å².